The molecule has 7 heteroatoms. The minimum absolute atomic E-state index is 0.0314. The van der Waals surface area contributed by atoms with Crippen LogP contribution >= 0.6 is 0 Å². The normalized spacial score (nSPS) is 12.4. The van der Waals surface area contributed by atoms with E-state index in [-0.39, 0.29) is 10.6 Å². The van der Waals surface area contributed by atoms with Crippen molar-refractivity contribution in [3.63, 3.8) is 0 Å². The fourth-order valence-corrected chi connectivity index (χ4v) is 3.74. The number of aliphatic carboxylic acids is 1. The van der Waals surface area contributed by atoms with E-state index < -0.39 is 22.0 Å². The van der Waals surface area contributed by atoms with Crippen molar-refractivity contribution in [1.29, 1.82) is 0 Å². The lowest BCUT2D eigenvalue weighted by Crippen LogP contribution is -2.43. The van der Waals surface area contributed by atoms with Crippen LogP contribution < -0.4 is 9.04 Å². The van der Waals surface area contributed by atoms with Gasteiger partial charge in [0.15, 0.2) is 0 Å². The Morgan fingerprint density at radius 2 is 1.65 bits per heavy atom. The molecule has 2 aromatic carbocycles. The van der Waals surface area contributed by atoms with Crippen molar-refractivity contribution in [2.24, 2.45) is 0 Å². The predicted molar refractivity (Wildman–Crippen MR) is 86.2 cm³/mol. The molecule has 23 heavy (non-hydrogen) atoms. The number of anilines is 1. The Morgan fingerprint density at radius 1 is 1.09 bits per heavy atom. The van der Waals surface area contributed by atoms with Crippen molar-refractivity contribution in [3.8, 4) is 5.75 Å². The van der Waals surface area contributed by atoms with Crippen LogP contribution in [0.2, 0.25) is 0 Å². The Bertz CT molecular complexity index is 772. The largest absolute Gasteiger partial charge is 0.497 e. The molecule has 0 aliphatic heterocycles. The first-order valence-corrected chi connectivity index (χ1v) is 8.28. The Kier molecular flexibility index (Phi) is 4.90. The van der Waals surface area contributed by atoms with Crippen LogP contribution in [0.5, 0.6) is 5.75 Å². The van der Waals surface area contributed by atoms with Crippen molar-refractivity contribution in [3.05, 3.63) is 54.6 Å². The Labute approximate surface area is 135 Å². The highest BCUT2D eigenvalue weighted by Crippen LogP contribution is 2.28. The first-order chi connectivity index (χ1) is 10.9. The van der Waals surface area contributed by atoms with Gasteiger partial charge in [0.25, 0.3) is 10.0 Å². The van der Waals surface area contributed by atoms with Gasteiger partial charge in [0, 0.05) is 0 Å². The molecular weight excluding hydrogens is 318 g/mol. The van der Waals surface area contributed by atoms with Crippen LogP contribution in [0.25, 0.3) is 0 Å². The van der Waals surface area contributed by atoms with Gasteiger partial charge in [-0.05, 0) is 43.3 Å². The smallest absolute Gasteiger partial charge is 0.327 e. The van der Waals surface area contributed by atoms with E-state index in [0.717, 1.165) is 4.31 Å². The fourth-order valence-electron chi connectivity index (χ4n) is 2.11. The maximum atomic E-state index is 12.9. The van der Waals surface area contributed by atoms with Crippen LogP contribution in [0.4, 0.5) is 5.69 Å². The molecule has 0 amide bonds. The topological polar surface area (TPSA) is 83.9 Å². The minimum atomic E-state index is -4.01. The zero-order chi connectivity index (χ0) is 17.0. The number of hydrogen-bond acceptors (Lipinski definition) is 4. The summed E-state index contributed by atoms with van der Waals surface area (Å²) < 4.78 is 31.7. The SMILES string of the molecule is COc1ccc(N(C(C)C(=O)O)S(=O)(=O)c2ccccc2)cc1. The Balaban J connectivity index is 2.56. The van der Waals surface area contributed by atoms with Gasteiger partial charge in [0.2, 0.25) is 0 Å². The number of hydrogen-bond donors (Lipinski definition) is 1. The number of carbonyl (C=O) groups is 1. The molecule has 0 fully saturated rings. The highest BCUT2D eigenvalue weighted by atomic mass is 32.2. The number of sulfonamides is 1. The van der Waals surface area contributed by atoms with Crippen LogP contribution in [-0.2, 0) is 14.8 Å². The quantitative estimate of drug-likeness (QED) is 0.876. The van der Waals surface area contributed by atoms with Gasteiger partial charge in [-0.1, -0.05) is 18.2 Å². The summed E-state index contributed by atoms with van der Waals surface area (Å²) >= 11 is 0. The molecule has 6 nitrogen and oxygen atoms in total. The highest BCUT2D eigenvalue weighted by Gasteiger charge is 2.33. The van der Waals surface area contributed by atoms with Gasteiger partial charge >= 0.3 is 5.97 Å². The summed E-state index contributed by atoms with van der Waals surface area (Å²) in [7, 11) is -2.51. The van der Waals surface area contributed by atoms with Crippen LogP contribution in [-0.4, -0.2) is 32.6 Å². The molecule has 0 spiro atoms. The molecule has 1 N–H and O–H groups in total. The number of carboxylic acid groups (broad SMARTS) is 1. The molecule has 0 aliphatic carbocycles. The van der Waals surface area contributed by atoms with E-state index in [9.17, 15) is 18.3 Å². The third-order valence-corrected chi connectivity index (χ3v) is 5.25. The predicted octanol–water partition coefficient (Wildman–Crippen LogP) is 2.36. The standard InChI is InChI=1S/C16H17NO5S/c1-12(16(18)19)17(13-8-10-14(22-2)11-9-13)23(20,21)15-6-4-3-5-7-15/h3-12H,1-2H3,(H,18,19). The van der Waals surface area contributed by atoms with Crippen molar-refractivity contribution >= 4 is 21.7 Å². The third kappa shape index (κ3) is 3.45. The molecule has 1 atom stereocenters. The summed E-state index contributed by atoms with van der Waals surface area (Å²) in [6.45, 7) is 1.33. The zero-order valence-corrected chi connectivity index (χ0v) is 13.5. The van der Waals surface area contributed by atoms with E-state index >= 15 is 0 Å². The number of benzene rings is 2. The number of ether oxygens (including phenoxy) is 1. The van der Waals surface area contributed by atoms with Gasteiger partial charge in [0.1, 0.15) is 11.8 Å². The molecular formula is C16H17NO5S. The van der Waals surface area contributed by atoms with Crippen LogP contribution in [0.15, 0.2) is 59.5 Å². The maximum absolute atomic E-state index is 12.9. The fraction of sp³-hybridized carbons (Fsp3) is 0.188. The second kappa shape index (κ2) is 6.70. The van der Waals surface area contributed by atoms with Crippen molar-refractivity contribution in [2.45, 2.75) is 17.9 Å². The summed E-state index contributed by atoms with van der Waals surface area (Å²) in [5.74, 6) is -0.686. The van der Waals surface area contributed by atoms with Gasteiger partial charge in [-0.25, -0.2) is 13.2 Å². The van der Waals surface area contributed by atoms with Gasteiger partial charge < -0.3 is 9.84 Å². The molecule has 0 saturated carbocycles. The van der Waals surface area contributed by atoms with Crippen LogP contribution in [0, 0.1) is 0 Å². The molecule has 0 heterocycles. The van der Waals surface area contributed by atoms with Gasteiger partial charge in [-0.2, -0.15) is 0 Å². The summed E-state index contributed by atoms with van der Waals surface area (Å²) in [5.41, 5.74) is 0.254. The Hall–Kier alpha value is -2.54. The van der Waals surface area contributed by atoms with Crippen LogP contribution in [0.3, 0.4) is 0 Å². The van der Waals surface area contributed by atoms with Gasteiger partial charge in [-0.15, -0.1) is 0 Å². The summed E-state index contributed by atoms with van der Waals surface area (Å²) in [4.78, 5) is 11.4. The van der Waals surface area contributed by atoms with Crippen molar-refractivity contribution in [2.75, 3.05) is 11.4 Å². The first-order valence-electron chi connectivity index (χ1n) is 6.84. The van der Waals surface area contributed by atoms with E-state index in [0.29, 0.717) is 5.75 Å². The molecule has 0 radical (unpaired) electrons. The van der Waals surface area contributed by atoms with E-state index in [1.165, 1.54) is 38.3 Å². The first kappa shape index (κ1) is 16.8. The lowest BCUT2D eigenvalue weighted by Gasteiger charge is -2.28. The molecule has 0 bridgehead atoms. The molecule has 122 valence electrons. The third-order valence-electron chi connectivity index (χ3n) is 3.34. The second-order valence-electron chi connectivity index (χ2n) is 4.83. The average molecular weight is 335 g/mol. The number of carboxylic acids is 1. The second-order valence-corrected chi connectivity index (χ2v) is 6.64. The molecule has 0 aliphatic rings. The summed E-state index contributed by atoms with van der Waals surface area (Å²) in [6.07, 6.45) is 0. The Morgan fingerprint density at radius 3 is 2.13 bits per heavy atom. The van der Waals surface area contributed by atoms with E-state index in [4.69, 9.17) is 4.74 Å². The van der Waals surface area contributed by atoms with Crippen LogP contribution in [0.1, 0.15) is 6.92 Å². The number of nitrogens with zero attached hydrogens (tertiary/aromatic N) is 1. The maximum Gasteiger partial charge on any atom is 0.327 e. The molecule has 0 saturated heterocycles. The summed E-state index contributed by atoms with van der Waals surface area (Å²) in [5, 5.41) is 9.29. The average Bonchev–Trinajstić information content (AvgIpc) is 2.56. The monoisotopic (exact) mass is 335 g/mol. The lowest BCUT2D eigenvalue weighted by molar-refractivity contribution is -0.137. The molecule has 2 aromatic rings. The van der Waals surface area contributed by atoms with Crippen molar-refractivity contribution in [1.82, 2.24) is 0 Å². The van der Waals surface area contributed by atoms with E-state index in [2.05, 4.69) is 0 Å². The number of rotatable bonds is 6. The van der Waals surface area contributed by atoms with E-state index in [1.54, 1.807) is 30.3 Å². The van der Waals surface area contributed by atoms with Crippen molar-refractivity contribution < 1.29 is 23.1 Å². The van der Waals surface area contributed by atoms with Gasteiger partial charge in [0.05, 0.1) is 17.7 Å². The summed E-state index contributed by atoms with van der Waals surface area (Å²) in [6, 6.07) is 12.7. The number of methoxy groups -OCH3 is 1. The minimum Gasteiger partial charge on any atom is -0.497 e. The molecule has 1 unspecified atom stereocenters. The van der Waals surface area contributed by atoms with E-state index in [1.807, 2.05) is 0 Å². The lowest BCUT2D eigenvalue weighted by atomic mass is 10.2. The highest BCUT2D eigenvalue weighted by molar-refractivity contribution is 7.92. The van der Waals surface area contributed by atoms with Gasteiger partial charge in [-0.3, -0.25) is 4.31 Å². The molecule has 2 rings (SSSR count). The zero-order valence-electron chi connectivity index (χ0n) is 12.7. The molecule has 0 aromatic heterocycles.